The largest absolute Gasteiger partial charge is 0.416 e. The summed E-state index contributed by atoms with van der Waals surface area (Å²) in [7, 11) is 0. The molecular weight excluding hydrogens is 504 g/mol. The molecule has 37 heavy (non-hydrogen) atoms. The molecule has 2 fully saturated rings. The number of alkyl halides is 6. The van der Waals surface area contributed by atoms with Crippen LogP contribution in [0.3, 0.4) is 0 Å². The smallest absolute Gasteiger partial charge is 0.372 e. The fourth-order valence-electron chi connectivity index (χ4n) is 4.26. The Morgan fingerprint density at radius 1 is 1.08 bits per heavy atom. The van der Waals surface area contributed by atoms with Crippen molar-refractivity contribution in [2.45, 2.75) is 56.2 Å². The van der Waals surface area contributed by atoms with Gasteiger partial charge in [-0.2, -0.15) is 26.3 Å². The van der Waals surface area contributed by atoms with Gasteiger partial charge in [0.25, 0.3) is 5.91 Å². The normalized spacial score (nSPS) is 25.6. The minimum atomic E-state index is -4.98. The predicted molar refractivity (Wildman–Crippen MR) is 123 cm³/mol. The summed E-state index contributed by atoms with van der Waals surface area (Å²) in [6.07, 6.45) is -3.72. The number of nitrogens with one attached hydrogen (secondary N) is 3. The van der Waals surface area contributed by atoms with Crippen LogP contribution in [0.4, 0.5) is 31.1 Å². The summed E-state index contributed by atoms with van der Waals surface area (Å²) >= 11 is 0. The van der Waals surface area contributed by atoms with Gasteiger partial charge in [-0.3, -0.25) is 10.1 Å². The van der Waals surface area contributed by atoms with Crippen LogP contribution < -0.4 is 16.0 Å². The van der Waals surface area contributed by atoms with Crippen molar-refractivity contribution in [1.29, 1.82) is 0 Å². The van der Waals surface area contributed by atoms with Crippen LogP contribution in [0.25, 0.3) is 0 Å². The minimum absolute atomic E-state index is 0.0145. The maximum Gasteiger partial charge on any atom is 0.416 e. The van der Waals surface area contributed by atoms with Crippen LogP contribution in [0.2, 0.25) is 0 Å². The molecule has 6 nitrogen and oxygen atoms in total. The maximum atomic E-state index is 13.3. The second-order valence-electron chi connectivity index (χ2n) is 9.13. The maximum absolute atomic E-state index is 13.3. The van der Waals surface area contributed by atoms with Crippen molar-refractivity contribution in [3.8, 4) is 0 Å². The molecule has 1 spiro atoms. The zero-order valence-corrected chi connectivity index (χ0v) is 20.1. The lowest BCUT2D eigenvalue weighted by Crippen LogP contribution is -2.66. The third kappa shape index (κ3) is 6.24. The number of hydrogen-bond donors (Lipinski definition) is 3. The molecule has 0 bridgehead atoms. The number of hydrogen-bond acceptors (Lipinski definition) is 4. The lowest BCUT2D eigenvalue weighted by Gasteiger charge is -2.45. The van der Waals surface area contributed by atoms with Gasteiger partial charge in [-0.15, -0.1) is 0 Å². The van der Waals surface area contributed by atoms with Crippen molar-refractivity contribution >= 4 is 11.9 Å². The van der Waals surface area contributed by atoms with Gasteiger partial charge in [-0.1, -0.05) is 30.9 Å². The summed E-state index contributed by atoms with van der Waals surface area (Å²) in [6, 6.07) is 0.708. The first-order valence-electron chi connectivity index (χ1n) is 11.4. The molecule has 12 heteroatoms. The summed E-state index contributed by atoms with van der Waals surface area (Å²) in [4.78, 5) is 24.0. The van der Waals surface area contributed by atoms with Crippen molar-refractivity contribution in [3.05, 3.63) is 71.3 Å². The molecule has 0 unspecified atom stereocenters. The Bertz CT molecular complexity index is 1080. The van der Waals surface area contributed by atoms with Crippen LogP contribution in [0.15, 0.2) is 54.7 Å². The SMILES string of the molecule is C=C(/C=C\C=C/C)[C@]1(CO[C@H](C)c2cc(C(F)(F)F)cc(C(F)(F)F)c2)CC[C@]2(CN1)NC(=O)NC2=O. The molecule has 1 aromatic carbocycles. The summed E-state index contributed by atoms with van der Waals surface area (Å²) in [5.74, 6) is -0.494. The molecule has 1 aromatic rings. The predicted octanol–water partition coefficient (Wildman–Crippen LogP) is 5.19. The Labute approximate surface area is 209 Å². The Morgan fingerprint density at radius 2 is 1.70 bits per heavy atom. The Hall–Kier alpha value is -3.12. The topological polar surface area (TPSA) is 79.5 Å². The van der Waals surface area contributed by atoms with E-state index in [9.17, 15) is 35.9 Å². The number of carbonyl (C=O) groups excluding carboxylic acids is 2. The molecule has 2 aliphatic heterocycles. The average Bonchev–Trinajstić information content (AvgIpc) is 3.09. The molecule has 3 amide bonds. The Balaban J connectivity index is 1.86. The number of benzene rings is 1. The number of urea groups is 1. The first-order chi connectivity index (χ1) is 17.1. The molecule has 2 aliphatic rings. The van der Waals surface area contributed by atoms with Crippen molar-refractivity contribution in [2.24, 2.45) is 0 Å². The number of piperidine rings is 1. The summed E-state index contributed by atoms with van der Waals surface area (Å²) in [5, 5.41) is 7.98. The minimum Gasteiger partial charge on any atom is -0.372 e. The van der Waals surface area contributed by atoms with Gasteiger partial charge in [0.05, 0.1) is 29.4 Å². The highest BCUT2D eigenvalue weighted by Crippen LogP contribution is 2.39. The van der Waals surface area contributed by atoms with Crippen LogP contribution in [0, 0.1) is 0 Å². The van der Waals surface area contributed by atoms with Crippen molar-refractivity contribution in [2.75, 3.05) is 13.2 Å². The number of carbonyl (C=O) groups is 2. The van der Waals surface area contributed by atoms with E-state index in [0.717, 1.165) is 0 Å². The standard InChI is InChI=1S/C25H27F6N3O3/c1-4-5-6-7-15(2)23(9-8-22(13-32-23)20(35)33-21(36)34-22)14-37-16(3)17-10-18(24(26,27)28)12-19(11-17)25(29,30)31/h4-7,10-12,16,32H,2,8-9,13-14H2,1,3H3,(H2,33,34,35,36)/b5-4-,7-6-/t16-,22-,23-/m1/s1. The van der Waals surface area contributed by atoms with Crippen molar-refractivity contribution < 1.29 is 40.7 Å². The highest BCUT2D eigenvalue weighted by Gasteiger charge is 2.52. The average molecular weight is 531 g/mol. The third-order valence-corrected chi connectivity index (χ3v) is 6.60. The van der Waals surface area contributed by atoms with Gasteiger partial charge >= 0.3 is 18.4 Å². The summed E-state index contributed by atoms with van der Waals surface area (Å²) in [5.41, 5.74) is -4.80. The van der Waals surface area contributed by atoms with E-state index in [1.807, 2.05) is 6.92 Å². The lowest BCUT2D eigenvalue weighted by molar-refractivity contribution is -0.143. The second kappa shape index (κ2) is 10.3. The van der Waals surface area contributed by atoms with Gasteiger partial charge < -0.3 is 15.4 Å². The molecule has 0 radical (unpaired) electrons. The number of allylic oxidation sites excluding steroid dienone is 3. The highest BCUT2D eigenvalue weighted by molar-refractivity contribution is 6.07. The summed E-state index contributed by atoms with van der Waals surface area (Å²) < 4.78 is 85.6. The molecular formula is C25H27F6N3O3. The lowest BCUT2D eigenvalue weighted by atomic mass is 9.76. The van der Waals surface area contributed by atoms with Crippen LogP contribution in [-0.2, 0) is 21.9 Å². The highest BCUT2D eigenvalue weighted by atomic mass is 19.4. The Kier molecular flexibility index (Phi) is 7.94. The Morgan fingerprint density at radius 3 is 2.16 bits per heavy atom. The van der Waals surface area contributed by atoms with Crippen LogP contribution in [0.5, 0.6) is 0 Å². The number of amides is 3. The first kappa shape index (κ1) is 28.5. The van der Waals surface area contributed by atoms with Gasteiger partial charge in [-0.05, 0) is 56.0 Å². The molecule has 3 atom stereocenters. The van der Waals surface area contributed by atoms with E-state index in [0.29, 0.717) is 17.7 Å². The van der Waals surface area contributed by atoms with Gasteiger partial charge in [0.1, 0.15) is 5.54 Å². The first-order valence-corrected chi connectivity index (χ1v) is 11.4. The molecule has 3 N–H and O–H groups in total. The van der Waals surface area contributed by atoms with E-state index in [2.05, 4.69) is 22.5 Å². The van der Waals surface area contributed by atoms with Gasteiger partial charge in [0.15, 0.2) is 0 Å². The van der Waals surface area contributed by atoms with Gasteiger partial charge in [0, 0.05) is 6.54 Å². The number of halogens is 6. The van der Waals surface area contributed by atoms with E-state index in [1.54, 1.807) is 24.3 Å². The fourth-order valence-corrected chi connectivity index (χ4v) is 4.26. The zero-order chi connectivity index (χ0) is 27.6. The van der Waals surface area contributed by atoms with Crippen molar-refractivity contribution in [1.82, 2.24) is 16.0 Å². The molecule has 0 aliphatic carbocycles. The fraction of sp³-hybridized carbons (Fsp3) is 0.440. The van der Waals surface area contributed by atoms with Gasteiger partial charge in [-0.25, -0.2) is 4.79 Å². The van der Waals surface area contributed by atoms with Gasteiger partial charge in [0.2, 0.25) is 0 Å². The molecule has 3 rings (SSSR count). The molecule has 2 saturated heterocycles. The monoisotopic (exact) mass is 531 g/mol. The molecule has 202 valence electrons. The number of ether oxygens (including phenoxy) is 1. The van der Waals surface area contributed by atoms with Crippen LogP contribution in [0.1, 0.15) is 49.5 Å². The quantitative estimate of drug-likeness (QED) is 0.257. The van der Waals surface area contributed by atoms with E-state index in [1.165, 1.54) is 6.92 Å². The van der Waals surface area contributed by atoms with E-state index >= 15 is 0 Å². The number of rotatable bonds is 7. The molecule has 0 aromatic heterocycles. The van der Waals surface area contributed by atoms with Crippen molar-refractivity contribution in [3.63, 3.8) is 0 Å². The second-order valence-corrected chi connectivity index (χ2v) is 9.13. The van der Waals surface area contributed by atoms with E-state index in [-0.39, 0.29) is 37.6 Å². The zero-order valence-electron chi connectivity index (χ0n) is 20.1. The number of imide groups is 1. The third-order valence-electron chi connectivity index (χ3n) is 6.60. The van der Waals surface area contributed by atoms with E-state index in [4.69, 9.17) is 4.74 Å². The summed E-state index contributed by atoms with van der Waals surface area (Å²) in [6.45, 7) is 7.08. The molecule has 0 saturated carbocycles. The molecule has 2 heterocycles. The van der Waals surface area contributed by atoms with Crippen LogP contribution >= 0.6 is 0 Å². The van der Waals surface area contributed by atoms with E-state index < -0.39 is 52.6 Å². The van der Waals surface area contributed by atoms with Crippen LogP contribution in [-0.4, -0.2) is 36.2 Å².